The minimum atomic E-state index is -0.294. The standard InChI is InChI=1S/C25H26FN5OS/c1-17-6-4-8-22(18(17)2)31-23(14-21-7-5-13-30(21)3)28-29-25(31)33-16-24(32)27-15-19-9-11-20(26)12-10-19/h4-13H,14-16H2,1-3H3,(H,27,32). The smallest absolute Gasteiger partial charge is 0.230 e. The zero-order valence-corrected chi connectivity index (χ0v) is 19.7. The maximum absolute atomic E-state index is 13.1. The molecule has 2 heterocycles. The summed E-state index contributed by atoms with van der Waals surface area (Å²) in [6.07, 6.45) is 2.64. The van der Waals surface area contributed by atoms with Crippen LogP contribution in [0, 0.1) is 19.7 Å². The van der Waals surface area contributed by atoms with E-state index in [0.29, 0.717) is 18.1 Å². The molecule has 0 aliphatic carbocycles. The Labute approximate surface area is 196 Å². The van der Waals surface area contributed by atoms with Gasteiger partial charge in [0.15, 0.2) is 5.16 Å². The molecule has 0 saturated carbocycles. The Balaban J connectivity index is 1.53. The van der Waals surface area contributed by atoms with Crippen molar-refractivity contribution >= 4 is 17.7 Å². The quantitative estimate of drug-likeness (QED) is 0.395. The number of hydrogen-bond donors (Lipinski definition) is 1. The summed E-state index contributed by atoms with van der Waals surface area (Å²) in [5.41, 5.74) is 5.31. The first-order valence-corrected chi connectivity index (χ1v) is 11.7. The number of aromatic nitrogens is 4. The number of carbonyl (C=O) groups is 1. The fourth-order valence-corrected chi connectivity index (χ4v) is 4.35. The van der Waals surface area contributed by atoms with E-state index < -0.39 is 0 Å². The number of thioether (sulfide) groups is 1. The molecule has 33 heavy (non-hydrogen) atoms. The van der Waals surface area contributed by atoms with E-state index in [9.17, 15) is 9.18 Å². The van der Waals surface area contributed by atoms with Crippen molar-refractivity contribution in [3.8, 4) is 5.69 Å². The van der Waals surface area contributed by atoms with E-state index in [1.807, 2.05) is 29.9 Å². The number of carbonyl (C=O) groups excluding carboxylic acids is 1. The van der Waals surface area contributed by atoms with Crippen LogP contribution in [0.3, 0.4) is 0 Å². The summed E-state index contributed by atoms with van der Waals surface area (Å²) in [5.74, 6) is 0.607. The number of amides is 1. The van der Waals surface area contributed by atoms with Crippen molar-refractivity contribution < 1.29 is 9.18 Å². The van der Waals surface area contributed by atoms with Crippen molar-refractivity contribution in [2.24, 2.45) is 7.05 Å². The molecule has 0 fully saturated rings. The van der Waals surface area contributed by atoms with Crippen molar-refractivity contribution in [2.75, 3.05) is 5.75 Å². The summed E-state index contributed by atoms with van der Waals surface area (Å²) in [4.78, 5) is 12.5. The number of halogens is 1. The van der Waals surface area contributed by atoms with Crippen LogP contribution >= 0.6 is 11.8 Å². The van der Waals surface area contributed by atoms with Crippen LogP contribution in [0.25, 0.3) is 5.69 Å². The number of aryl methyl sites for hydroxylation is 2. The molecule has 0 radical (unpaired) electrons. The molecular formula is C25H26FN5OS. The normalized spacial score (nSPS) is 11.0. The molecule has 170 valence electrons. The monoisotopic (exact) mass is 463 g/mol. The first kappa shape index (κ1) is 22.8. The van der Waals surface area contributed by atoms with Crippen molar-refractivity contribution in [2.45, 2.75) is 32.0 Å². The van der Waals surface area contributed by atoms with Crippen molar-refractivity contribution in [1.29, 1.82) is 0 Å². The molecule has 6 nitrogen and oxygen atoms in total. The summed E-state index contributed by atoms with van der Waals surface area (Å²) in [5, 5.41) is 12.4. The molecule has 1 amide bonds. The van der Waals surface area contributed by atoms with Crippen LogP contribution in [0.1, 0.15) is 28.2 Å². The Hall–Kier alpha value is -3.39. The third-order valence-electron chi connectivity index (χ3n) is 5.64. The Morgan fingerprint density at radius 2 is 1.85 bits per heavy atom. The van der Waals surface area contributed by atoms with E-state index >= 15 is 0 Å². The van der Waals surface area contributed by atoms with Crippen molar-refractivity contribution in [3.05, 3.63) is 94.8 Å². The molecule has 4 rings (SSSR count). The van der Waals surface area contributed by atoms with Gasteiger partial charge in [0.2, 0.25) is 5.91 Å². The predicted octanol–water partition coefficient (Wildman–Crippen LogP) is 4.36. The summed E-state index contributed by atoms with van der Waals surface area (Å²) in [7, 11) is 2.01. The minimum Gasteiger partial charge on any atom is -0.354 e. The molecule has 4 aromatic rings. The highest BCUT2D eigenvalue weighted by atomic mass is 32.2. The molecule has 8 heteroatoms. The predicted molar refractivity (Wildman–Crippen MR) is 128 cm³/mol. The van der Waals surface area contributed by atoms with Crippen LogP contribution in [0.15, 0.2) is 66.0 Å². The van der Waals surface area contributed by atoms with Gasteiger partial charge < -0.3 is 9.88 Å². The maximum atomic E-state index is 13.1. The van der Waals surface area contributed by atoms with Crippen LogP contribution < -0.4 is 5.32 Å². The zero-order valence-electron chi connectivity index (χ0n) is 18.9. The lowest BCUT2D eigenvalue weighted by molar-refractivity contribution is -0.118. The summed E-state index contributed by atoms with van der Waals surface area (Å²) in [6.45, 7) is 4.51. The largest absolute Gasteiger partial charge is 0.354 e. The van der Waals surface area contributed by atoms with Gasteiger partial charge in [-0.05, 0) is 60.9 Å². The van der Waals surface area contributed by atoms with Gasteiger partial charge in [-0.25, -0.2) is 4.39 Å². The molecule has 0 spiro atoms. The first-order chi connectivity index (χ1) is 15.9. The van der Waals surface area contributed by atoms with Crippen LogP contribution in [0.4, 0.5) is 4.39 Å². The lowest BCUT2D eigenvalue weighted by Gasteiger charge is -2.14. The van der Waals surface area contributed by atoms with Crippen LogP contribution in [0.5, 0.6) is 0 Å². The SMILES string of the molecule is Cc1cccc(-n2c(Cc3cccn3C)nnc2SCC(=O)NCc2ccc(F)cc2)c1C. The molecule has 0 aliphatic rings. The summed E-state index contributed by atoms with van der Waals surface area (Å²) >= 11 is 1.35. The van der Waals surface area contributed by atoms with Gasteiger partial charge in [0.25, 0.3) is 0 Å². The first-order valence-electron chi connectivity index (χ1n) is 10.7. The third-order valence-corrected chi connectivity index (χ3v) is 6.57. The lowest BCUT2D eigenvalue weighted by Crippen LogP contribution is -2.24. The third kappa shape index (κ3) is 5.34. The van der Waals surface area contributed by atoms with E-state index in [2.05, 4.69) is 52.1 Å². The van der Waals surface area contributed by atoms with Gasteiger partial charge in [-0.15, -0.1) is 10.2 Å². The Morgan fingerprint density at radius 1 is 1.06 bits per heavy atom. The van der Waals surface area contributed by atoms with Gasteiger partial charge in [-0.1, -0.05) is 36.0 Å². The number of hydrogen-bond acceptors (Lipinski definition) is 4. The lowest BCUT2D eigenvalue weighted by atomic mass is 10.1. The molecular weight excluding hydrogens is 437 g/mol. The van der Waals surface area contributed by atoms with Gasteiger partial charge in [-0.2, -0.15) is 0 Å². The average Bonchev–Trinajstić information content (AvgIpc) is 3.40. The topological polar surface area (TPSA) is 64.7 Å². The molecule has 0 aliphatic heterocycles. The zero-order chi connectivity index (χ0) is 23.4. The molecule has 0 bridgehead atoms. The van der Waals surface area contributed by atoms with Crippen molar-refractivity contribution in [3.63, 3.8) is 0 Å². The highest BCUT2D eigenvalue weighted by Crippen LogP contribution is 2.27. The second-order valence-electron chi connectivity index (χ2n) is 7.93. The molecule has 0 atom stereocenters. The van der Waals surface area contributed by atoms with Gasteiger partial charge in [0, 0.05) is 31.9 Å². The summed E-state index contributed by atoms with van der Waals surface area (Å²) < 4.78 is 17.2. The molecule has 1 N–H and O–H groups in total. The van der Waals surface area contributed by atoms with Crippen LogP contribution in [-0.4, -0.2) is 31.0 Å². The number of nitrogens with one attached hydrogen (secondary N) is 1. The van der Waals surface area contributed by atoms with E-state index in [1.54, 1.807) is 12.1 Å². The Kier molecular flexibility index (Phi) is 6.93. The van der Waals surface area contributed by atoms with E-state index in [4.69, 9.17) is 0 Å². The van der Waals surface area contributed by atoms with Gasteiger partial charge in [-0.3, -0.25) is 9.36 Å². The number of rotatable bonds is 8. The second-order valence-corrected chi connectivity index (χ2v) is 8.87. The van der Waals surface area contributed by atoms with Crippen molar-refractivity contribution in [1.82, 2.24) is 24.6 Å². The Bertz CT molecular complexity index is 1260. The molecule has 2 aromatic heterocycles. The molecule has 0 unspecified atom stereocenters. The van der Waals surface area contributed by atoms with Gasteiger partial charge in [0.1, 0.15) is 11.6 Å². The molecule has 2 aromatic carbocycles. The van der Waals surface area contributed by atoms with Crippen LogP contribution in [-0.2, 0) is 24.8 Å². The number of benzene rings is 2. The highest BCUT2D eigenvalue weighted by Gasteiger charge is 2.19. The maximum Gasteiger partial charge on any atom is 0.230 e. The Morgan fingerprint density at radius 3 is 2.58 bits per heavy atom. The second kappa shape index (κ2) is 10.0. The van der Waals surface area contributed by atoms with Gasteiger partial charge >= 0.3 is 0 Å². The highest BCUT2D eigenvalue weighted by molar-refractivity contribution is 7.99. The van der Waals surface area contributed by atoms with E-state index in [-0.39, 0.29) is 17.5 Å². The van der Waals surface area contributed by atoms with Crippen LogP contribution in [0.2, 0.25) is 0 Å². The van der Waals surface area contributed by atoms with Gasteiger partial charge in [0.05, 0.1) is 11.4 Å². The summed E-state index contributed by atoms with van der Waals surface area (Å²) in [6, 6.07) is 16.3. The molecule has 0 saturated heterocycles. The fourth-order valence-electron chi connectivity index (χ4n) is 3.55. The average molecular weight is 464 g/mol. The van der Waals surface area contributed by atoms with E-state index in [1.165, 1.54) is 29.5 Å². The van der Waals surface area contributed by atoms with E-state index in [0.717, 1.165) is 28.3 Å². The minimum absolute atomic E-state index is 0.121. The number of nitrogens with zero attached hydrogens (tertiary/aromatic N) is 4. The fraction of sp³-hybridized carbons (Fsp3) is 0.240.